The number of ketones is 2. The minimum atomic E-state index is -0.953. The van der Waals surface area contributed by atoms with E-state index in [1.807, 2.05) is 11.7 Å². The summed E-state index contributed by atoms with van der Waals surface area (Å²) in [6.45, 7) is 4.30. The Balaban J connectivity index is 2.67. The van der Waals surface area contributed by atoms with Crippen molar-refractivity contribution in [3.63, 3.8) is 0 Å². The molecule has 1 fully saturated rings. The normalized spacial score (nSPS) is 17.6. The molecule has 0 aromatic rings. The molecule has 0 aromatic carbocycles. The van der Waals surface area contributed by atoms with E-state index < -0.39 is 8.96 Å². The van der Waals surface area contributed by atoms with Crippen LogP contribution in [0.25, 0.3) is 0 Å². The van der Waals surface area contributed by atoms with Gasteiger partial charge in [0.15, 0.2) is 8.96 Å². The molecule has 0 unspecified atom stereocenters. The molecule has 0 aliphatic heterocycles. The quantitative estimate of drug-likeness (QED) is 0.382. The summed E-state index contributed by atoms with van der Waals surface area (Å²) in [5, 5.41) is 4.31. The van der Waals surface area contributed by atoms with E-state index in [1.54, 1.807) is 0 Å². The first kappa shape index (κ1) is 11.1. The van der Waals surface area contributed by atoms with Crippen LogP contribution >= 0.6 is 0 Å². The lowest BCUT2D eigenvalue weighted by atomic mass is 9.96. The highest BCUT2D eigenvalue weighted by Gasteiger charge is 2.22. The SMILES string of the molecule is CN(N=C1CC(=O)CC(=O)C1)[SiH](C)C. The van der Waals surface area contributed by atoms with E-state index in [2.05, 4.69) is 18.2 Å². The van der Waals surface area contributed by atoms with Gasteiger partial charge in [0.25, 0.3) is 0 Å². The Kier molecular flexibility index (Phi) is 3.57. The van der Waals surface area contributed by atoms with Crippen molar-refractivity contribution in [2.75, 3.05) is 7.05 Å². The standard InChI is InChI=1S/C9H16N2O2Si/c1-11(14(2)3)10-7-4-8(12)6-9(13)5-7/h14H,4-6H2,1-3H3. The summed E-state index contributed by atoms with van der Waals surface area (Å²) in [7, 11) is 0.957. The number of hydrazone groups is 1. The number of rotatable bonds is 2. The number of Topliss-reactive ketones (excluding diaryl/α,β-unsaturated/α-hetero) is 2. The van der Waals surface area contributed by atoms with Crippen molar-refractivity contribution in [3.8, 4) is 0 Å². The number of nitrogens with zero attached hydrogens (tertiary/aromatic N) is 2. The molecule has 1 saturated carbocycles. The maximum Gasteiger partial charge on any atom is 0.156 e. The third kappa shape index (κ3) is 3.06. The van der Waals surface area contributed by atoms with E-state index in [4.69, 9.17) is 0 Å². The van der Waals surface area contributed by atoms with Gasteiger partial charge in [0, 0.05) is 19.9 Å². The highest BCUT2D eigenvalue weighted by Crippen LogP contribution is 2.10. The molecule has 4 nitrogen and oxygen atoms in total. The van der Waals surface area contributed by atoms with Crippen LogP contribution in [0.1, 0.15) is 19.3 Å². The molecule has 0 radical (unpaired) electrons. The molecule has 1 rings (SSSR count). The lowest BCUT2D eigenvalue weighted by molar-refractivity contribution is -0.126. The predicted octanol–water partition coefficient (Wildman–Crippen LogP) is 0.580. The second-order valence-corrected chi connectivity index (χ2v) is 6.88. The Bertz CT molecular complexity index is 269. The molecule has 0 saturated heterocycles. The van der Waals surface area contributed by atoms with Gasteiger partial charge in [-0.15, -0.1) is 0 Å². The topological polar surface area (TPSA) is 49.7 Å². The van der Waals surface area contributed by atoms with Crippen LogP contribution in [0.15, 0.2) is 5.10 Å². The Morgan fingerprint density at radius 2 is 1.64 bits per heavy atom. The maximum absolute atomic E-state index is 11.1. The zero-order chi connectivity index (χ0) is 10.7. The van der Waals surface area contributed by atoms with Gasteiger partial charge < -0.3 is 4.67 Å². The molecule has 0 heterocycles. The van der Waals surface area contributed by atoms with Gasteiger partial charge in [-0.2, -0.15) is 5.10 Å². The van der Waals surface area contributed by atoms with Crippen LogP contribution in [0, 0.1) is 0 Å². The highest BCUT2D eigenvalue weighted by atomic mass is 28.3. The summed E-state index contributed by atoms with van der Waals surface area (Å²) in [6, 6.07) is 0. The Morgan fingerprint density at radius 1 is 1.14 bits per heavy atom. The van der Waals surface area contributed by atoms with E-state index in [1.165, 1.54) is 0 Å². The van der Waals surface area contributed by atoms with Gasteiger partial charge in [-0.05, 0) is 0 Å². The van der Waals surface area contributed by atoms with Crippen LogP contribution in [0.4, 0.5) is 0 Å². The number of carbonyl (C=O) groups excluding carboxylic acids is 2. The lowest BCUT2D eigenvalue weighted by Gasteiger charge is -2.20. The first-order chi connectivity index (χ1) is 6.49. The van der Waals surface area contributed by atoms with Crippen LogP contribution < -0.4 is 0 Å². The fourth-order valence-corrected chi connectivity index (χ4v) is 1.67. The fourth-order valence-electron chi connectivity index (χ4n) is 1.27. The molecule has 1 aliphatic carbocycles. The molecule has 0 N–H and O–H groups in total. The molecule has 0 atom stereocenters. The summed E-state index contributed by atoms with van der Waals surface area (Å²) < 4.78 is 1.92. The second-order valence-electron chi connectivity index (χ2n) is 3.94. The van der Waals surface area contributed by atoms with Gasteiger partial charge in [-0.1, -0.05) is 13.1 Å². The first-order valence-corrected chi connectivity index (χ1v) is 7.64. The van der Waals surface area contributed by atoms with E-state index in [0.29, 0.717) is 12.8 Å². The molecule has 1 aliphatic rings. The summed E-state index contributed by atoms with van der Waals surface area (Å²) in [5.74, 6) is -0.00218. The van der Waals surface area contributed by atoms with Gasteiger partial charge in [0.1, 0.15) is 11.6 Å². The van der Waals surface area contributed by atoms with Crippen molar-refractivity contribution in [2.24, 2.45) is 5.10 Å². The van der Waals surface area contributed by atoms with Crippen molar-refractivity contribution in [2.45, 2.75) is 32.4 Å². The summed E-state index contributed by atoms with van der Waals surface area (Å²) in [4.78, 5) is 22.3. The Morgan fingerprint density at radius 3 is 2.07 bits per heavy atom. The molecule has 78 valence electrons. The number of carbonyl (C=O) groups is 2. The van der Waals surface area contributed by atoms with Crippen molar-refractivity contribution < 1.29 is 9.59 Å². The third-order valence-corrected chi connectivity index (χ3v) is 3.85. The van der Waals surface area contributed by atoms with Crippen LogP contribution in [0.3, 0.4) is 0 Å². The van der Waals surface area contributed by atoms with Crippen molar-refractivity contribution in [3.05, 3.63) is 0 Å². The summed E-state index contributed by atoms with van der Waals surface area (Å²) >= 11 is 0. The van der Waals surface area contributed by atoms with E-state index in [-0.39, 0.29) is 18.0 Å². The lowest BCUT2D eigenvalue weighted by Crippen LogP contribution is -2.30. The molecule has 5 heteroatoms. The monoisotopic (exact) mass is 212 g/mol. The maximum atomic E-state index is 11.1. The molecule has 0 aromatic heterocycles. The molecule has 0 bridgehead atoms. The van der Waals surface area contributed by atoms with Gasteiger partial charge in [0.2, 0.25) is 0 Å². The predicted molar refractivity (Wildman–Crippen MR) is 57.9 cm³/mol. The Hall–Kier alpha value is -0.973. The minimum Gasteiger partial charge on any atom is -0.331 e. The largest absolute Gasteiger partial charge is 0.331 e. The average molecular weight is 212 g/mol. The van der Waals surface area contributed by atoms with Crippen molar-refractivity contribution >= 4 is 26.2 Å². The first-order valence-electron chi connectivity index (χ1n) is 4.81. The van der Waals surface area contributed by atoms with Gasteiger partial charge in [0.05, 0.1) is 12.1 Å². The van der Waals surface area contributed by atoms with E-state index in [9.17, 15) is 9.59 Å². The average Bonchev–Trinajstić information content (AvgIpc) is 2.01. The smallest absolute Gasteiger partial charge is 0.156 e. The van der Waals surface area contributed by atoms with Gasteiger partial charge >= 0.3 is 0 Å². The van der Waals surface area contributed by atoms with Crippen molar-refractivity contribution in [1.29, 1.82) is 0 Å². The van der Waals surface area contributed by atoms with Crippen LogP contribution in [0.5, 0.6) is 0 Å². The van der Waals surface area contributed by atoms with Gasteiger partial charge in [-0.3, -0.25) is 9.59 Å². The third-order valence-electron chi connectivity index (χ3n) is 2.24. The minimum absolute atomic E-state index is 0.00109. The van der Waals surface area contributed by atoms with Crippen LogP contribution in [-0.4, -0.2) is 38.0 Å². The fraction of sp³-hybridized carbons (Fsp3) is 0.667. The van der Waals surface area contributed by atoms with Crippen LogP contribution in [-0.2, 0) is 9.59 Å². The Labute approximate surface area is 85.7 Å². The highest BCUT2D eigenvalue weighted by molar-refractivity contribution is 6.52. The summed E-state index contributed by atoms with van der Waals surface area (Å²) in [6.07, 6.45) is 0.816. The number of hydrogen-bond acceptors (Lipinski definition) is 4. The van der Waals surface area contributed by atoms with Crippen molar-refractivity contribution in [1.82, 2.24) is 4.67 Å². The summed E-state index contributed by atoms with van der Waals surface area (Å²) in [5.41, 5.74) is 0.731. The zero-order valence-corrected chi connectivity index (χ0v) is 10.1. The zero-order valence-electron chi connectivity index (χ0n) is 8.91. The molecule has 14 heavy (non-hydrogen) atoms. The van der Waals surface area contributed by atoms with E-state index in [0.717, 1.165) is 5.71 Å². The number of hydrogen-bond donors (Lipinski definition) is 0. The molecule has 0 spiro atoms. The van der Waals surface area contributed by atoms with E-state index >= 15 is 0 Å². The molecular formula is C9H16N2O2Si. The molecular weight excluding hydrogens is 196 g/mol. The second kappa shape index (κ2) is 4.50. The van der Waals surface area contributed by atoms with Gasteiger partial charge in [-0.25, -0.2) is 0 Å². The van der Waals surface area contributed by atoms with Crippen LogP contribution in [0.2, 0.25) is 13.1 Å². The molecule has 0 amide bonds.